The third-order valence-electron chi connectivity index (χ3n) is 3.71. The number of benzene rings is 1. The summed E-state index contributed by atoms with van der Waals surface area (Å²) in [5, 5.41) is 9.19. The van der Waals surface area contributed by atoms with Crippen LogP contribution < -0.4 is 0 Å². The predicted molar refractivity (Wildman–Crippen MR) is 78.8 cm³/mol. The van der Waals surface area contributed by atoms with Crippen LogP contribution in [0.2, 0.25) is 0 Å². The van der Waals surface area contributed by atoms with E-state index in [2.05, 4.69) is 12.1 Å². The van der Waals surface area contributed by atoms with Crippen LogP contribution in [0.25, 0.3) is 0 Å². The lowest BCUT2D eigenvalue weighted by Gasteiger charge is -2.35. The summed E-state index contributed by atoms with van der Waals surface area (Å²) in [4.78, 5) is 14.3. The van der Waals surface area contributed by atoms with E-state index in [1.807, 2.05) is 39.0 Å². The van der Waals surface area contributed by atoms with E-state index in [1.165, 1.54) is 11.1 Å². The molecule has 1 aromatic carbocycles. The molecule has 1 heterocycles. The molecular formula is C17H20N2O. The minimum Gasteiger partial charge on any atom is -0.331 e. The maximum absolute atomic E-state index is 12.5. The highest BCUT2D eigenvalue weighted by Gasteiger charge is 2.29. The number of nitriles is 1. The molecule has 0 fully saturated rings. The van der Waals surface area contributed by atoms with Crippen LogP contribution in [-0.2, 0) is 11.2 Å². The zero-order valence-corrected chi connectivity index (χ0v) is 12.3. The van der Waals surface area contributed by atoms with Gasteiger partial charge in [0.15, 0.2) is 0 Å². The first-order valence-electron chi connectivity index (χ1n) is 7.05. The van der Waals surface area contributed by atoms with Crippen molar-refractivity contribution in [1.82, 2.24) is 4.90 Å². The smallest absolute Gasteiger partial charge is 0.264 e. The molecule has 104 valence electrons. The fourth-order valence-corrected chi connectivity index (χ4v) is 2.69. The van der Waals surface area contributed by atoms with E-state index in [4.69, 9.17) is 0 Å². The average Bonchev–Trinajstić information content (AvgIpc) is 2.44. The summed E-state index contributed by atoms with van der Waals surface area (Å²) in [6.07, 6.45) is 2.60. The quantitative estimate of drug-likeness (QED) is 0.610. The summed E-state index contributed by atoms with van der Waals surface area (Å²) in [5.74, 6) is 0.0455. The van der Waals surface area contributed by atoms with Crippen molar-refractivity contribution in [3.05, 3.63) is 47.0 Å². The minimum atomic E-state index is -0.150. The van der Waals surface area contributed by atoms with Gasteiger partial charge in [-0.05, 0) is 30.4 Å². The van der Waals surface area contributed by atoms with E-state index in [1.54, 1.807) is 11.0 Å². The fraction of sp³-hybridized carbons (Fsp3) is 0.412. The van der Waals surface area contributed by atoms with E-state index in [0.29, 0.717) is 6.54 Å². The van der Waals surface area contributed by atoms with Crippen LogP contribution in [0.4, 0.5) is 0 Å². The average molecular weight is 268 g/mol. The molecule has 0 bridgehead atoms. The van der Waals surface area contributed by atoms with Gasteiger partial charge >= 0.3 is 0 Å². The normalized spacial score (nSPS) is 18.6. The molecule has 1 amide bonds. The monoisotopic (exact) mass is 268 g/mol. The number of amides is 1. The van der Waals surface area contributed by atoms with Gasteiger partial charge in [-0.2, -0.15) is 5.26 Å². The second-order valence-corrected chi connectivity index (χ2v) is 5.56. The first kappa shape index (κ1) is 14.3. The topological polar surface area (TPSA) is 44.1 Å². The largest absolute Gasteiger partial charge is 0.331 e. The molecule has 0 N–H and O–H groups in total. The lowest BCUT2D eigenvalue weighted by molar-refractivity contribution is -0.129. The summed E-state index contributed by atoms with van der Waals surface area (Å²) in [5.41, 5.74) is 2.75. The Morgan fingerprint density at radius 3 is 2.80 bits per heavy atom. The van der Waals surface area contributed by atoms with Crippen LogP contribution in [0, 0.1) is 17.2 Å². The Balaban J connectivity index is 2.28. The van der Waals surface area contributed by atoms with Gasteiger partial charge in [-0.15, -0.1) is 0 Å². The number of allylic oxidation sites excluding steroid dienone is 1. The number of carbonyl (C=O) groups excluding carboxylic acids is 1. The molecule has 3 nitrogen and oxygen atoms in total. The van der Waals surface area contributed by atoms with Gasteiger partial charge in [0.1, 0.15) is 11.6 Å². The number of hydrogen-bond donors (Lipinski definition) is 0. The summed E-state index contributed by atoms with van der Waals surface area (Å²) < 4.78 is 0. The maximum Gasteiger partial charge on any atom is 0.264 e. The van der Waals surface area contributed by atoms with Gasteiger partial charge in [-0.1, -0.05) is 44.2 Å². The van der Waals surface area contributed by atoms with E-state index < -0.39 is 0 Å². The van der Waals surface area contributed by atoms with E-state index in [9.17, 15) is 10.1 Å². The number of rotatable bonds is 2. The molecule has 1 aromatic rings. The van der Waals surface area contributed by atoms with Gasteiger partial charge in [0.05, 0.1) is 6.04 Å². The van der Waals surface area contributed by atoms with Crippen LogP contribution in [0.15, 0.2) is 35.9 Å². The number of fused-ring (bicyclic) bond motifs is 1. The molecule has 0 aromatic heterocycles. The van der Waals surface area contributed by atoms with Crippen LogP contribution in [0.3, 0.4) is 0 Å². The Labute approximate surface area is 120 Å². The van der Waals surface area contributed by atoms with Crippen molar-refractivity contribution in [3.63, 3.8) is 0 Å². The molecule has 20 heavy (non-hydrogen) atoms. The minimum absolute atomic E-state index is 0.0244. The molecule has 0 spiro atoms. The van der Waals surface area contributed by atoms with Gasteiger partial charge in [-0.3, -0.25) is 4.79 Å². The summed E-state index contributed by atoms with van der Waals surface area (Å²) >= 11 is 0. The highest BCUT2D eigenvalue weighted by molar-refractivity contribution is 5.97. The predicted octanol–water partition coefficient (Wildman–Crippen LogP) is 3.24. The Kier molecular flexibility index (Phi) is 4.24. The Morgan fingerprint density at radius 2 is 2.15 bits per heavy atom. The second-order valence-electron chi connectivity index (χ2n) is 5.56. The van der Waals surface area contributed by atoms with Gasteiger partial charge in [0.2, 0.25) is 0 Å². The summed E-state index contributed by atoms with van der Waals surface area (Å²) in [6, 6.07) is 10.3. The second kappa shape index (κ2) is 5.92. The Morgan fingerprint density at radius 1 is 1.45 bits per heavy atom. The lowest BCUT2D eigenvalue weighted by atomic mass is 9.93. The Hall–Kier alpha value is -2.08. The molecule has 0 radical (unpaired) electrons. The lowest BCUT2D eigenvalue weighted by Crippen LogP contribution is -2.39. The molecule has 3 heteroatoms. The highest BCUT2D eigenvalue weighted by Crippen LogP contribution is 2.30. The molecule has 0 saturated carbocycles. The van der Waals surface area contributed by atoms with Crippen molar-refractivity contribution >= 4 is 5.91 Å². The molecule has 1 unspecified atom stereocenters. The summed E-state index contributed by atoms with van der Waals surface area (Å²) in [7, 11) is 0. The molecule has 0 aliphatic carbocycles. The first-order chi connectivity index (χ1) is 9.54. The van der Waals surface area contributed by atoms with E-state index in [0.717, 1.165) is 6.42 Å². The van der Waals surface area contributed by atoms with E-state index >= 15 is 0 Å². The van der Waals surface area contributed by atoms with Crippen molar-refractivity contribution in [3.8, 4) is 6.07 Å². The molecule has 1 atom stereocenters. The third kappa shape index (κ3) is 2.75. The van der Waals surface area contributed by atoms with Crippen LogP contribution in [0.1, 0.15) is 37.9 Å². The van der Waals surface area contributed by atoms with Crippen molar-refractivity contribution in [1.29, 1.82) is 5.26 Å². The number of carbonyl (C=O) groups is 1. The van der Waals surface area contributed by atoms with Crippen LogP contribution >= 0.6 is 0 Å². The number of hydrogen-bond acceptors (Lipinski definition) is 2. The SMILES string of the molecule is CC(C)/C=C(\C#N)C(=O)N1CCc2ccccc2C1C. The molecule has 1 aliphatic heterocycles. The summed E-state index contributed by atoms with van der Waals surface area (Å²) in [6.45, 7) is 6.65. The van der Waals surface area contributed by atoms with Crippen molar-refractivity contribution in [2.24, 2.45) is 5.92 Å². The fourth-order valence-electron chi connectivity index (χ4n) is 2.69. The van der Waals surface area contributed by atoms with Gasteiger partial charge in [-0.25, -0.2) is 0 Å². The van der Waals surface area contributed by atoms with Crippen molar-refractivity contribution in [2.45, 2.75) is 33.2 Å². The first-order valence-corrected chi connectivity index (χ1v) is 7.05. The van der Waals surface area contributed by atoms with Gasteiger partial charge in [0.25, 0.3) is 5.91 Å². The molecule has 2 rings (SSSR count). The zero-order valence-electron chi connectivity index (χ0n) is 12.3. The van der Waals surface area contributed by atoms with Gasteiger partial charge < -0.3 is 4.90 Å². The highest BCUT2D eigenvalue weighted by atomic mass is 16.2. The van der Waals surface area contributed by atoms with Crippen LogP contribution in [-0.4, -0.2) is 17.4 Å². The molecular weight excluding hydrogens is 248 g/mol. The third-order valence-corrected chi connectivity index (χ3v) is 3.71. The van der Waals surface area contributed by atoms with Crippen molar-refractivity contribution < 1.29 is 4.79 Å². The Bertz CT molecular complexity index is 581. The van der Waals surface area contributed by atoms with Crippen LogP contribution in [0.5, 0.6) is 0 Å². The van der Waals surface area contributed by atoms with Gasteiger partial charge in [0, 0.05) is 6.54 Å². The van der Waals surface area contributed by atoms with E-state index in [-0.39, 0.29) is 23.4 Å². The van der Waals surface area contributed by atoms with Crippen molar-refractivity contribution in [2.75, 3.05) is 6.54 Å². The maximum atomic E-state index is 12.5. The number of nitrogens with zero attached hydrogens (tertiary/aromatic N) is 2. The standard InChI is InChI=1S/C17H20N2O/c1-12(2)10-15(11-18)17(20)19-9-8-14-6-4-5-7-16(14)13(19)3/h4-7,10,12-13H,8-9H2,1-3H3/b15-10+. The molecule has 0 saturated heterocycles. The molecule has 1 aliphatic rings. The zero-order chi connectivity index (χ0) is 14.7.